The van der Waals surface area contributed by atoms with Gasteiger partial charge in [0.25, 0.3) is 0 Å². The second-order valence-electron chi connectivity index (χ2n) is 6.34. The van der Waals surface area contributed by atoms with Crippen molar-refractivity contribution in [3.8, 4) is 0 Å². The van der Waals surface area contributed by atoms with Gasteiger partial charge in [-0.15, -0.1) is 0 Å². The number of hydrogen-bond acceptors (Lipinski definition) is 2. The Labute approximate surface area is 137 Å². The molecule has 0 radical (unpaired) electrons. The minimum atomic E-state index is -0.281. The van der Waals surface area contributed by atoms with Gasteiger partial charge in [-0.1, -0.05) is 35.4 Å². The molecule has 0 aromatic heterocycles. The predicted molar refractivity (Wildman–Crippen MR) is 93.7 cm³/mol. The SMILES string of the molecule is COC(=O)c1ccc2c(c1)C(c1ccc(C)cc1C)=C(C)CC2. The Bertz CT molecular complexity index is 813. The van der Waals surface area contributed by atoms with E-state index in [0.717, 1.165) is 12.8 Å². The Hall–Kier alpha value is -2.35. The van der Waals surface area contributed by atoms with Gasteiger partial charge in [-0.2, -0.15) is 0 Å². The van der Waals surface area contributed by atoms with Crippen molar-refractivity contribution in [1.29, 1.82) is 0 Å². The molecule has 3 rings (SSSR count). The van der Waals surface area contributed by atoms with Gasteiger partial charge in [-0.3, -0.25) is 0 Å². The summed E-state index contributed by atoms with van der Waals surface area (Å²) in [5, 5.41) is 0. The Balaban J connectivity index is 2.20. The van der Waals surface area contributed by atoms with Gasteiger partial charge in [0.05, 0.1) is 12.7 Å². The highest BCUT2D eigenvalue weighted by Gasteiger charge is 2.21. The fraction of sp³-hybridized carbons (Fsp3) is 0.286. The van der Waals surface area contributed by atoms with E-state index in [0.29, 0.717) is 5.56 Å². The van der Waals surface area contributed by atoms with Gasteiger partial charge in [-0.05, 0) is 73.6 Å². The maximum atomic E-state index is 11.9. The highest BCUT2D eigenvalue weighted by molar-refractivity contribution is 5.93. The van der Waals surface area contributed by atoms with Crippen molar-refractivity contribution in [3.05, 3.63) is 75.4 Å². The molecule has 2 aromatic carbocycles. The van der Waals surface area contributed by atoms with Crippen LogP contribution in [0.2, 0.25) is 0 Å². The highest BCUT2D eigenvalue weighted by Crippen LogP contribution is 2.37. The lowest BCUT2D eigenvalue weighted by Gasteiger charge is -2.24. The highest BCUT2D eigenvalue weighted by atomic mass is 16.5. The second-order valence-corrected chi connectivity index (χ2v) is 6.34. The maximum Gasteiger partial charge on any atom is 0.337 e. The number of methoxy groups -OCH3 is 1. The lowest BCUT2D eigenvalue weighted by molar-refractivity contribution is 0.0600. The van der Waals surface area contributed by atoms with Crippen molar-refractivity contribution in [3.63, 3.8) is 0 Å². The first-order chi connectivity index (χ1) is 11.0. The summed E-state index contributed by atoms with van der Waals surface area (Å²) in [5.41, 5.74) is 9.54. The first-order valence-corrected chi connectivity index (χ1v) is 8.00. The molecule has 1 aliphatic carbocycles. The average molecular weight is 306 g/mol. The molecule has 0 bridgehead atoms. The largest absolute Gasteiger partial charge is 0.465 e. The molecule has 23 heavy (non-hydrogen) atoms. The zero-order valence-electron chi connectivity index (χ0n) is 14.2. The Kier molecular flexibility index (Phi) is 4.08. The summed E-state index contributed by atoms with van der Waals surface area (Å²) in [6.07, 6.45) is 2.09. The number of ether oxygens (including phenoxy) is 1. The van der Waals surface area contributed by atoms with Gasteiger partial charge in [-0.25, -0.2) is 4.79 Å². The van der Waals surface area contributed by atoms with E-state index in [1.165, 1.54) is 46.1 Å². The second kappa shape index (κ2) is 6.04. The number of rotatable bonds is 2. The van der Waals surface area contributed by atoms with Crippen LogP contribution in [0.5, 0.6) is 0 Å². The molecule has 0 spiro atoms. The van der Waals surface area contributed by atoms with E-state index in [1.54, 1.807) is 0 Å². The summed E-state index contributed by atoms with van der Waals surface area (Å²) < 4.78 is 4.88. The van der Waals surface area contributed by atoms with Gasteiger partial charge in [0.1, 0.15) is 0 Å². The number of carbonyl (C=O) groups excluding carboxylic acids is 1. The molecule has 2 heteroatoms. The molecule has 0 aliphatic heterocycles. The average Bonchev–Trinajstić information content (AvgIpc) is 2.54. The van der Waals surface area contributed by atoms with Crippen LogP contribution in [-0.2, 0) is 11.2 Å². The van der Waals surface area contributed by atoms with Crippen LogP contribution >= 0.6 is 0 Å². The number of fused-ring (bicyclic) bond motifs is 1. The monoisotopic (exact) mass is 306 g/mol. The Morgan fingerprint density at radius 2 is 1.74 bits per heavy atom. The number of hydrogen-bond donors (Lipinski definition) is 0. The summed E-state index contributed by atoms with van der Waals surface area (Å²) in [6, 6.07) is 12.5. The lowest BCUT2D eigenvalue weighted by atomic mass is 9.80. The summed E-state index contributed by atoms with van der Waals surface area (Å²) in [7, 11) is 1.42. The van der Waals surface area contributed by atoms with Gasteiger partial charge in [0.2, 0.25) is 0 Å². The van der Waals surface area contributed by atoms with Gasteiger partial charge < -0.3 is 4.74 Å². The fourth-order valence-corrected chi connectivity index (χ4v) is 3.42. The van der Waals surface area contributed by atoms with Crippen LogP contribution in [0.4, 0.5) is 0 Å². The Morgan fingerprint density at radius 1 is 0.957 bits per heavy atom. The molecule has 0 unspecified atom stereocenters. The summed E-state index contributed by atoms with van der Waals surface area (Å²) in [5.74, 6) is -0.281. The molecule has 0 fully saturated rings. The molecule has 0 amide bonds. The third-order valence-corrected chi connectivity index (χ3v) is 4.65. The zero-order valence-corrected chi connectivity index (χ0v) is 14.2. The maximum absolute atomic E-state index is 11.9. The first kappa shape index (κ1) is 15.5. The molecular weight excluding hydrogens is 284 g/mol. The molecule has 0 heterocycles. The van der Waals surface area contributed by atoms with Crippen molar-refractivity contribution < 1.29 is 9.53 Å². The van der Waals surface area contributed by atoms with E-state index >= 15 is 0 Å². The predicted octanol–water partition coefficient (Wildman–Crippen LogP) is 4.86. The topological polar surface area (TPSA) is 26.3 Å². The van der Waals surface area contributed by atoms with Crippen LogP contribution < -0.4 is 0 Å². The number of aryl methyl sites for hydroxylation is 3. The van der Waals surface area contributed by atoms with Gasteiger partial charge in [0, 0.05) is 0 Å². The van der Waals surface area contributed by atoms with E-state index in [2.05, 4.69) is 45.0 Å². The summed E-state index contributed by atoms with van der Waals surface area (Å²) in [6.45, 7) is 6.46. The van der Waals surface area contributed by atoms with Crippen LogP contribution in [0.3, 0.4) is 0 Å². The van der Waals surface area contributed by atoms with E-state index < -0.39 is 0 Å². The van der Waals surface area contributed by atoms with Crippen LogP contribution in [0.25, 0.3) is 5.57 Å². The number of allylic oxidation sites excluding steroid dienone is 1. The van der Waals surface area contributed by atoms with Crippen molar-refractivity contribution in [2.75, 3.05) is 7.11 Å². The van der Waals surface area contributed by atoms with Crippen LogP contribution in [0.1, 0.15) is 51.5 Å². The minimum absolute atomic E-state index is 0.281. The minimum Gasteiger partial charge on any atom is -0.465 e. The van der Waals surface area contributed by atoms with Crippen LogP contribution in [0.15, 0.2) is 42.0 Å². The lowest BCUT2D eigenvalue weighted by Crippen LogP contribution is -2.09. The standard InChI is InChI=1S/C21H22O2/c1-13-5-10-18(15(3)11-13)20-14(2)6-7-16-8-9-17(12-19(16)20)21(22)23-4/h5,8-12H,6-7H2,1-4H3. The van der Waals surface area contributed by atoms with Crippen LogP contribution in [-0.4, -0.2) is 13.1 Å². The summed E-state index contributed by atoms with van der Waals surface area (Å²) in [4.78, 5) is 11.9. The van der Waals surface area contributed by atoms with Crippen molar-refractivity contribution >= 4 is 11.5 Å². The zero-order chi connectivity index (χ0) is 16.6. The molecule has 2 nitrogen and oxygen atoms in total. The fourth-order valence-electron chi connectivity index (χ4n) is 3.42. The molecule has 0 atom stereocenters. The number of carbonyl (C=O) groups is 1. The summed E-state index contributed by atoms with van der Waals surface area (Å²) >= 11 is 0. The molecule has 2 aromatic rings. The van der Waals surface area contributed by atoms with Crippen molar-refractivity contribution in [2.45, 2.75) is 33.6 Å². The van der Waals surface area contributed by atoms with Gasteiger partial charge >= 0.3 is 5.97 Å². The molecule has 0 saturated carbocycles. The smallest absolute Gasteiger partial charge is 0.337 e. The van der Waals surface area contributed by atoms with Crippen molar-refractivity contribution in [2.24, 2.45) is 0 Å². The van der Waals surface area contributed by atoms with E-state index in [9.17, 15) is 4.79 Å². The van der Waals surface area contributed by atoms with Gasteiger partial charge in [0.15, 0.2) is 0 Å². The van der Waals surface area contributed by atoms with Crippen molar-refractivity contribution in [1.82, 2.24) is 0 Å². The van der Waals surface area contributed by atoms with Crippen LogP contribution in [0, 0.1) is 13.8 Å². The molecule has 0 saturated heterocycles. The molecule has 1 aliphatic rings. The van der Waals surface area contributed by atoms with E-state index in [1.807, 2.05) is 12.1 Å². The quantitative estimate of drug-likeness (QED) is 0.741. The molecule has 0 N–H and O–H groups in total. The molecular formula is C21H22O2. The Morgan fingerprint density at radius 3 is 2.43 bits per heavy atom. The normalized spacial score (nSPS) is 13.7. The third kappa shape index (κ3) is 2.81. The number of benzene rings is 2. The third-order valence-electron chi connectivity index (χ3n) is 4.65. The van der Waals surface area contributed by atoms with E-state index in [-0.39, 0.29) is 5.97 Å². The first-order valence-electron chi connectivity index (χ1n) is 8.00. The van der Waals surface area contributed by atoms with E-state index in [4.69, 9.17) is 4.74 Å². The molecule has 118 valence electrons. The number of esters is 1.